The highest BCUT2D eigenvalue weighted by atomic mass is 35.5. The molecule has 1 aromatic rings. The lowest BCUT2D eigenvalue weighted by Crippen LogP contribution is -2.42. The Morgan fingerprint density at radius 3 is 2.69 bits per heavy atom. The van der Waals surface area contributed by atoms with Gasteiger partial charge in [-0.25, -0.2) is 0 Å². The molecule has 0 aliphatic carbocycles. The van der Waals surface area contributed by atoms with E-state index in [0.717, 1.165) is 17.4 Å². The zero-order chi connectivity index (χ0) is 19.3. The minimum atomic E-state index is -0.478. The smallest absolute Gasteiger partial charge is 0.261 e. The maximum Gasteiger partial charge on any atom is 0.261 e. The fraction of sp³-hybridized carbons (Fsp3) is 0.375. The third kappa shape index (κ3) is 5.30. The van der Waals surface area contributed by atoms with Crippen LogP contribution in [-0.2, 0) is 14.4 Å². The topological polar surface area (TPSA) is 95.6 Å². The third-order valence-electron chi connectivity index (χ3n) is 3.77. The number of carbonyl (C=O) groups excluding carboxylic acids is 4. The molecule has 26 heavy (non-hydrogen) atoms. The summed E-state index contributed by atoms with van der Waals surface area (Å²) in [5, 5.41) is 5.42. The second kappa shape index (κ2) is 9.16. The molecule has 1 aliphatic heterocycles. The molecule has 3 amide bonds. The van der Waals surface area contributed by atoms with Crippen LogP contribution in [0.1, 0.15) is 16.1 Å². The van der Waals surface area contributed by atoms with E-state index >= 15 is 0 Å². The van der Waals surface area contributed by atoms with Gasteiger partial charge in [0, 0.05) is 13.1 Å². The Bertz CT molecular complexity index is 730. The number of ketones is 1. The molecule has 0 bridgehead atoms. The Morgan fingerprint density at radius 1 is 1.42 bits per heavy atom. The highest BCUT2D eigenvalue weighted by Gasteiger charge is 2.28. The summed E-state index contributed by atoms with van der Waals surface area (Å²) in [6, 6.07) is 1.42. The summed E-state index contributed by atoms with van der Waals surface area (Å²) in [6.07, 6.45) is 1.69. The molecule has 2 rings (SSSR count). The Kier molecular flexibility index (Phi) is 7.19. The first-order valence-corrected chi connectivity index (χ1v) is 9.32. The van der Waals surface area contributed by atoms with Crippen molar-refractivity contribution in [3.05, 3.63) is 33.0 Å². The van der Waals surface area contributed by atoms with Crippen molar-refractivity contribution in [2.75, 3.05) is 26.2 Å². The molecular formula is C16H17Cl2N3O4S. The molecule has 1 aliphatic rings. The van der Waals surface area contributed by atoms with Crippen LogP contribution >= 0.6 is 34.5 Å². The number of nitrogens with one attached hydrogen (secondary N) is 2. The second-order valence-electron chi connectivity index (χ2n) is 5.65. The normalized spacial score (nSPS) is 16.1. The van der Waals surface area contributed by atoms with Crippen molar-refractivity contribution in [3.8, 4) is 0 Å². The molecule has 2 N–H and O–H groups in total. The predicted octanol–water partition coefficient (Wildman–Crippen LogP) is 1.50. The highest BCUT2D eigenvalue weighted by molar-refractivity contribution is 7.18. The van der Waals surface area contributed by atoms with Crippen LogP contribution in [0.3, 0.4) is 0 Å². The first-order valence-electron chi connectivity index (χ1n) is 7.75. The van der Waals surface area contributed by atoms with Gasteiger partial charge in [0.2, 0.25) is 11.8 Å². The van der Waals surface area contributed by atoms with E-state index in [1.165, 1.54) is 11.0 Å². The molecule has 1 unspecified atom stereocenters. The molecule has 0 spiro atoms. The standard InChI is InChI=1S/C16H17Cl2N3O4S/c1-2-13(23)21(7-9-3-4-19-15(9)24)8-10(22)6-20-16(25)12-5-11(17)14(18)26-12/h2,5,9H,1,3-4,6-8H2,(H,19,24)(H,20,25). The van der Waals surface area contributed by atoms with Crippen LogP contribution < -0.4 is 10.6 Å². The van der Waals surface area contributed by atoms with Crippen LogP contribution in [-0.4, -0.2) is 54.6 Å². The largest absolute Gasteiger partial charge is 0.356 e. The summed E-state index contributed by atoms with van der Waals surface area (Å²) in [7, 11) is 0. The molecule has 140 valence electrons. The first kappa shape index (κ1) is 20.4. The molecular weight excluding hydrogens is 401 g/mol. The van der Waals surface area contributed by atoms with Crippen molar-refractivity contribution < 1.29 is 19.2 Å². The van der Waals surface area contributed by atoms with Crippen LogP contribution in [0.4, 0.5) is 0 Å². The van der Waals surface area contributed by atoms with E-state index in [4.69, 9.17) is 23.2 Å². The minimum absolute atomic E-state index is 0.131. The Labute approximate surface area is 164 Å². The van der Waals surface area contributed by atoms with Gasteiger partial charge in [0.1, 0.15) is 4.34 Å². The number of halogens is 2. The zero-order valence-corrected chi connectivity index (χ0v) is 16.0. The lowest BCUT2D eigenvalue weighted by atomic mass is 10.1. The Hall–Kier alpha value is -1.90. The predicted molar refractivity (Wildman–Crippen MR) is 99.6 cm³/mol. The van der Waals surface area contributed by atoms with Crippen molar-refractivity contribution in [2.45, 2.75) is 6.42 Å². The molecule has 1 aromatic heterocycles. The molecule has 7 nitrogen and oxygen atoms in total. The second-order valence-corrected chi connectivity index (χ2v) is 7.71. The molecule has 0 saturated carbocycles. The Morgan fingerprint density at radius 2 is 2.15 bits per heavy atom. The molecule has 1 saturated heterocycles. The number of rotatable bonds is 8. The Balaban J connectivity index is 1.89. The van der Waals surface area contributed by atoms with Gasteiger partial charge < -0.3 is 15.5 Å². The van der Waals surface area contributed by atoms with Crippen LogP contribution in [0.5, 0.6) is 0 Å². The maximum absolute atomic E-state index is 12.1. The number of hydrogen-bond acceptors (Lipinski definition) is 5. The molecule has 1 atom stereocenters. The molecule has 0 aromatic carbocycles. The van der Waals surface area contributed by atoms with Crippen LogP contribution in [0.25, 0.3) is 0 Å². The van der Waals surface area contributed by atoms with Gasteiger partial charge in [-0.05, 0) is 18.6 Å². The van der Waals surface area contributed by atoms with Crippen molar-refractivity contribution >= 4 is 58.0 Å². The number of Topliss-reactive ketones (excluding diaryl/α,β-unsaturated/α-hetero) is 1. The lowest BCUT2D eigenvalue weighted by molar-refractivity contribution is -0.133. The maximum atomic E-state index is 12.1. The average molecular weight is 418 g/mol. The number of nitrogens with zero attached hydrogens (tertiary/aromatic N) is 1. The number of carbonyl (C=O) groups is 4. The number of amides is 3. The van der Waals surface area contributed by atoms with Crippen molar-refractivity contribution in [3.63, 3.8) is 0 Å². The van der Waals surface area contributed by atoms with E-state index < -0.39 is 11.8 Å². The number of hydrogen-bond donors (Lipinski definition) is 2. The highest BCUT2D eigenvalue weighted by Crippen LogP contribution is 2.31. The third-order valence-corrected chi connectivity index (χ3v) is 5.64. The van der Waals surface area contributed by atoms with Gasteiger partial charge in [-0.1, -0.05) is 29.8 Å². The van der Waals surface area contributed by atoms with E-state index in [0.29, 0.717) is 17.3 Å². The summed E-state index contributed by atoms with van der Waals surface area (Å²) >= 11 is 12.6. The van der Waals surface area contributed by atoms with Gasteiger partial charge in [-0.2, -0.15) is 0 Å². The fourth-order valence-corrected chi connectivity index (χ4v) is 3.72. The average Bonchev–Trinajstić information content (AvgIpc) is 3.17. The van der Waals surface area contributed by atoms with E-state index in [1.54, 1.807) is 0 Å². The molecule has 2 heterocycles. The van der Waals surface area contributed by atoms with E-state index in [1.807, 2.05) is 0 Å². The van der Waals surface area contributed by atoms with Gasteiger partial charge in [0.05, 0.1) is 28.9 Å². The number of thiophene rings is 1. The quantitative estimate of drug-likeness (QED) is 0.626. The molecule has 10 heteroatoms. The summed E-state index contributed by atoms with van der Waals surface area (Å²) in [5.41, 5.74) is 0. The summed E-state index contributed by atoms with van der Waals surface area (Å²) < 4.78 is 0.292. The van der Waals surface area contributed by atoms with Crippen molar-refractivity contribution in [2.24, 2.45) is 5.92 Å². The molecule has 0 radical (unpaired) electrons. The minimum Gasteiger partial charge on any atom is -0.356 e. The summed E-state index contributed by atoms with van der Waals surface area (Å²) in [5.74, 6) is -1.79. The first-order chi connectivity index (χ1) is 12.3. The summed E-state index contributed by atoms with van der Waals surface area (Å²) in [6.45, 7) is 3.61. The SMILES string of the molecule is C=CC(=O)N(CC(=O)CNC(=O)c1cc(Cl)c(Cl)s1)CC1CCNC1=O. The van der Waals surface area contributed by atoms with E-state index in [-0.39, 0.29) is 47.1 Å². The van der Waals surface area contributed by atoms with Gasteiger partial charge >= 0.3 is 0 Å². The monoisotopic (exact) mass is 417 g/mol. The van der Waals surface area contributed by atoms with Gasteiger partial charge in [-0.15, -0.1) is 11.3 Å². The van der Waals surface area contributed by atoms with Gasteiger partial charge in [-0.3, -0.25) is 19.2 Å². The van der Waals surface area contributed by atoms with E-state index in [9.17, 15) is 19.2 Å². The summed E-state index contributed by atoms with van der Waals surface area (Å²) in [4.78, 5) is 49.3. The van der Waals surface area contributed by atoms with Crippen LogP contribution in [0, 0.1) is 5.92 Å². The fourth-order valence-electron chi connectivity index (χ4n) is 2.44. The zero-order valence-electron chi connectivity index (χ0n) is 13.7. The van der Waals surface area contributed by atoms with Crippen molar-refractivity contribution in [1.82, 2.24) is 15.5 Å². The van der Waals surface area contributed by atoms with Crippen LogP contribution in [0.2, 0.25) is 9.36 Å². The van der Waals surface area contributed by atoms with Gasteiger partial charge in [0.25, 0.3) is 5.91 Å². The van der Waals surface area contributed by atoms with Gasteiger partial charge in [0.15, 0.2) is 5.78 Å². The lowest BCUT2D eigenvalue weighted by Gasteiger charge is -2.22. The van der Waals surface area contributed by atoms with E-state index in [2.05, 4.69) is 17.2 Å². The van der Waals surface area contributed by atoms with Crippen LogP contribution in [0.15, 0.2) is 18.7 Å². The molecule has 1 fully saturated rings. The van der Waals surface area contributed by atoms with Crippen molar-refractivity contribution in [1.29, 1.82) is 0 Å².